The normalized spacial score (nSPS) is 15.5. The molecule has 1 aliphatic rings. The molecule has 0 aliphatic carbocycles. The number of methoxy groups -OCH3 is 1. The molecule has 0 spiro atoms. The molecule has 0 aromatic heterocycles. The molecule has 0 bridgehead atoms. The Morgan fingerprint density at radius 1 is 1.24 bits per heavy atom. The Labute approximate surface area is 104 Å². The molecular weight excluding hydrogens is 212 g/mol. The highest BCUT2D eigenvalue weighted by molar-refractivity contribution is 5.54. The fourth-order valence-corrected chi connectivity index (χ4v) is 2.32. The molecule has 1 aromatic rings. The molecule has 0 unspecified atom stereocenters. The minimum absolute atomic E-state index is 0.770. The van der Waals surface area contributed by atoms with Crippen LogP contribution < -0.4 is 10.2 Å². The van der Waals surface area contributed by atoms with Crippen LogP contribution in [0.5, 0.6) is 0 Å². The molecule has 1 aliphatic heterocycles. The fourth-order valence-electron chi connectivity index (χ4n) is 2.32. The average Bonchev–Trinajstić information content (AvgIpc) is 2.89. The van der Waals surface area contributed by atoms with Crippen molar-refractivity contribution in [1.82, 2.24) is 5.32 Å². The van der Waals surface area contributed by atoms with Crippen molar-refractivity contribution in [2.75, 3.05) is 38.3 Å². The van der Waals surface area contributed by atoms with Crippen LogP contribution in [-0.4, -0.2) is 33.4 Å². The number of rotatable bonds is 6. The molecule has 0 amide bonds. The van der Waals surface area contributed by atoms with Crippen LogP contribution in [0.2, 0.25) is 0 Å². The molecule has 3 nitrogen and oxygen atoms in total. The predicted octanol–water partition coefficient (Wildman–Crippen LogP) is 2.02. The summed E-state index contributed by atoms with van der Waals surface area (Å²) in [4.78, 5) is 2.49. The van der Waals surface area contributed by atoms with Crippen molar-refractivity contribution >= 4 is 5.69 Å². The van der Waals surface area contributed by atoms with Gasteiger partial charge in [0.2, 0.25) is 0 Å². The van der Waals surface area contributed by atoms with Gasteiger partial charge in [-0.05, 0) is 24.5 Å². The molecule has 94 valence electrons. The van der Waals surface area contributed by atoms with E-state index in [2.05, 4.69) is 34.5 Å². The van der Waals surface area contributed by atoms with Gasteiger partial charge in [-0.1, -0.05) is 18.2 Å². The Kier molecular flexibility index (Phi) is 4.83. The Morgan fingerprint density at radius 2 is 2.00 bits per heavy atom. The second-order valence-electron chi connectivity index (χ2n) is 4.49. The van der Waals surface area contributed by atoms with Crippen LogP contribution in [-0.2, 0) is 11.3 Å². The molecular formula is C14H22N2O. The zero-order chi connectivity index (χ0) is 11.9. The van der Waals surface area contributed by atoms with Gasteiger partial charge in [0.15, 0.2) is 0 Å². The first-order chi connectivity index (χ1) is 8.42. The highest BCUT2D eigenvalue weighted by atomic mass is 16.5. The van der Waals surface area contributed by atoms with Crippen molar-refractivity contribution in [3.63, 3.8) is 0 Å². The number of anilines is 1. The highest BCUT2D eigenvalue weighted by Gasteiger charge is 2.14. The van der Waals surface area contributed by atoms with Gasteiger partial charge in [-0.25, -0.2) is 0 Å². The quantitative estimate of drug-likeness (QED) is 0.762. The summed E-state index contributed by atoms with van der Waals surface area (Å²) in [5, 5.41) is 3.41. The second-order valence-corrected chi connectivity index (χ2v) is 4.49. The van der Waals surface area contributed by atoms with Crippen molar-refractivity contribution in [2.45, 2.75) is 19.4 Å². The van der Waals surface area contributed by atoms with Crippen molar-refractivity contribution in [1.29, 1.82) is 0 Å². The number of nitrogens with zero attached hydrogens (tertiary/aromatic N) is 1. The van der Waals surface area contributed by atoms with Gasteiger partial charge in [0.25, 0.3) is 0 Å². The van der Waals surface area contributed by atoms with Crippen molar-refractivity contribution in [3.05, 3.63) is 29.8 Å². The van der Waals surface area contributed by atoms with Gasteiger partial charge in [0, 0.05) is 39.0 Å². The summed E-state index contributed by atoms with van der Waals surface area (Å²) in [5.74, 6) is 0. The summed E-state index contributed by atoms with van der Waals surface area (Å²) in [7, 11) is 1.74. The summed E-state index contributed by atoms with van der Waals surface area (Å²) in [6.45, 7) is 5.01. The highest BCUT2D eigenvalue weighted by Crippen LogP contribution is 2.24. The Balaban J connectivity index is 1.95. The lowest BCUT2D eigenvalue weighted by molar-refractivity contribution is 0.199. The minimum Gasteiger partial charge on any atom is -0.383 e. The topological polar surface area (TPSA) is 24.5 Å². The lowest BCUT2D eigenvalue weighted by Crippen LogP contribution is -2.23. The number of benzene rings is 1. The van der Waals surface area contributed by atoms with Crippen LogP contribution >= 0.6 is 0 Å². The molecule has 0 radical (unpaired) electrons. The van der Waals surface area contributed by atoms with Crippen LogP contribution in [0.15, 0.2) is 24.3 Å². The Bertz CT molecular complexity index is 335. The third kappa shape index (κ3) is 3.45. The molecule has 0 saturated carbocycles. The van der Waals surface area contributed by atoms with E-state index in [1.165, 1.54) is 37.2 Å². The third-order valence-corrected chi connectivity index (χ3v) is 3.24. The third-order valence-electron chi connectivity index (χ3n) is 3.24. The first-order valence-electron chi connectivity index (χ1n) is 6.44. The van der Waals surface area contributed by atoms with Gasteiger partial charge in [0.1, 0.15) is 0 Å². The van der Waals surface area contributed by atoms with Gasteiger partial charge in [-0.15, -0.1) is 0 Å². The first kappa shape index (κ1) is 12.4. The monoisotopic (exact) mass is 234 g/mol. The standard InChI is InChI=1S/C14H22N2O/c1-17-11-8-15-12-13-6-2-3-7-14(13)16-9-4-5-10-16/h2-3,6-7,15H,4-5,8-12H2,1H3. The van der Waals surface area contributed by atoms with E-state index in [4.69, 9.17) is 4.74 Å². The zero-order valence-corrected chi connectivity index (χ0v) is 10.6. The van der Waals surface area contributed by atoms with E-state index in [1.54, 1.807) is 7.11 Å². The van der Waals surface area contributed by atoms with E-state index in [-0.39, 0.29) is 0 Å². The fraction of sp³-hybridized carbons (Fsp3) is 0.571. The number of nitrogens with one attached hydrogen (secondary N) is 1. The van der Waals surface area contributed by atoms with Crippen molar-refractivity contribution < 1.29 is 4.74 Å². The Morgan fingerprint density at radius 3 is 2.76 bits per heavy atom. The minimum atomic E-state index is 0.770. The number of hydrogen-bond donors (Lipinski definition) is 1. The molecule has 3 heteroatoms. The van der Waals surface area contributed by atoms with Crippen LogP contribution in [0, 0.1) is 0 Å². The zero-order valence-electron chi connectivity index (χ0n) is 10.6. The van der Waals surface area contributed by atoms with E-state index in [9.17, 15) is 0 Å². The van der Waals surface area contributed by atoms with E-state index >= 15 is 0 Å². The van der Waals surface area contributed by atoms with Crippen molar-refractivity contribution in [3.8, 4) is 0 Å². The predicted molar refractivity (Wildman–Crippen MR) is 71.5 cm³/mol. The summed E-state index contributed by atoms with van der Waals surface area (Å²) in [6, 6.07) is 8.70. The molecule has 0 atom stereocenters. The maximum atomic E-state index is 5.04. The van der Waals surface area contributed by atoms with Crippen LogP contribution in [0.1, 0.15) is 18.4 Å². The summed E-state index contributed by atoms with van der Waals surface area (Å²) in [5.41, 5.74) is 2.79. The maximum absolute atomic E-state index is 5.04. The number of hydrogen-bond acceptors (Lipinski definition) is 3. The summed E-state index contributed by atoms with van der Waals surface area (Å²) >= 11 is 0. The second kappa shape index (κ2) is 6.62. The van der Waals surface area contributed by atoms with Crippen LogP contribution in [0.4, 0.5) is 5.69 Å². The van der Waals surface area contributed by atoms with E-state index < -0.39 is 0 Å². The summed E-state index contributed by atoms with van der Waals surface area (Å²) < 4.78 is 5.04. The van der Waals surface area contributed by atoms with Gasteiger partial charge >= 0.3 is 0 Å². The molecule has 17 heavy (non-hydrogen) atoms. The van der Waals surface area contributed by atoms with E-state index in [0.29, 0.717) is 0 Å². The molecule has 1 N–H and O–H groups in total. The van der Waals surface area contributed by atoms with Crippen LogP contribution in [0.25, 0.3) is 0 Å². The average molecular weight is 234 g/mol. The molecule has 1 saturated heterocycles. The van der Waals surface area contributed by atoms with Gasteiger partial charge < -0.3 is 15.0 Å². The SMILES string of the molecule is COCCNCc1ccccc1N1CCCC1. The van der Waals surface area contributed by atoms with Gasteiger partial charge in [-0.2, -0.15) is 0 Å². The molecule has 1 heterocycles. The summed E-state index contributed by atoms with van der Waals surface area (Å²) in [6.07, 6.45) is 2.65. The maximum Gasteiger partial charge on any atom is 0.0587 e. The van der Waals surface area contributed by atoms with Gasteiger partial charge in [-0.3, -0.25) is 0 Å². The number of ether oxygens (including phenoxy) is 1. The largest absolute Gasteiger partial charge is 0.383 e. The molecule has 1 fully saturated rings. The van der Waals surface area contributed by atoms with Gasteiger partial charge in [0.05, 0.1) is 6.61 Å². The smallest absolute Gasteiger partial charge is 0.0587 e. The Hall–Kier alpha value is -1.06. The molecule has 1 aromatic carbocycles. The van der Waals surface area contributed by atoms with E-state index in [1.807, 2.05) is 0 Å². The lowest BCUT2D eigenvalue weighted by Gasteiger charge is -2.21. The lowest BCUT2D eigenvalue weighted by atomic mass is 10.1. The first-order valence-corrected chi connectivity index (χ1v) is 6.44. The van der Waals surface area contributed by atoms with Crippen LogP contribution in [0.3, 0.4) is 0 Å². The van der Waals surface area contributed by atoms with E-state index in [0.717, 1.165) is 19.7 Å². The van der Waals surface area contributed by atoms with Crippen molar-refractivity contribution in [2.24, 2.45) is 0 Å². The molecule has 2 rings (SSSR count). The number of para-hydroxylation sites is 1.